The van der Waals surface area contributed by atoms with Gasteiger partial charge in [-0.15, -0.1) is 0 Å². The molecule has 2 fully saturated rings. The fourth-order valence-corrected chi connectivity index (χ4v) is 3.83. The highest BCUT2D eigenvalue weighted by molar-refractivity contribution is 6.00. The summed E-state index contributed by atoms with van der Waals surface area (Å²) in [6, 6.07) is 11.6. The maximum atomic E-state index is 13.3. The van der Waals surface area contributed by atoms with Crippen LogP contribution in [0.4, 0.5) is 0 Å². The fraction of sp³-hybridized carbons (Fsp3) is 0.368. The molecule has 1 aromatic heterocycles. The topological polar surface area (TPSA) is 62.6 Å². The molecule has 5 heteroatoms. The Hall–Kier alpha value is -2.56. The lowest BCUT2D eigenvalue weighted by Gasteiger charge is -2.27. The molecule has 4 rings (SSSR count). The van der Waals surface area contributed by atoms with Gasteiger partial charge in [0.05, 0.1) is 5.56 Å². The summed E-state index contributed by atoms with van der Waals surface area (Å²) in [6.45, 7) is 2.39. The molecule has 2 atom stereocenters. The first-order chi connectivity index (χ1) is 11.6. The van der Waals surface area contributed by atoms with Crippen molar-refractivity contribution in [1.29, 1.82) is 0 Å². The highest BCUT2D eigenvalue weighted by Gasteiger charge is 2.41. The van der Waals surface area contributed by atoms with Crippen LogP contribution in [0.5, 0.6) is 0 Å². The molecule has 3 heterocycles. The number of fused-ring (bicyclic) bond motifs is 2. The zero-order valence-corrected chi connectivity index (χ0v) is 13.6. The number of nitrogens with one attached hydrogen (secondary N) is 1. The molecular weight excluding hydrogens is 304 g/mol. The summed E-state index contributed by atoms with van der Waals surface area (Å²) in [7, 11) is 0. The average Bonchev–Trinajstić information content (AvgIpc) is 3.11. The van der Waals surface area contributed by atoms with Crippen molar-refractivity contribution >= 4 is 11.8 Å². The van der Waals surface area contributed by atoms with E-state index in [4.69, 9.17) is 4.42 Å². The maximum absolute atomic E-state index is 13.3. The van der Waals surface area contributed by atoms with E-state index in [0.717, 1.165) is 18.4 Å². The zero-order valence-electron chi connectivity index (χ0n) is 13.6. The summed E-state index contributed by atoms with van der Waals surface area (Å²) in [5, 5.41) is 2.91. The van der Waals surface area contributed by atoms with E-state index in [1.54, 1.807) is 0 Å². The smallest absolute Gasteiger partial charge is 0.258 e. The third-order valence-corrected chi connectivity index (χ3v) is 4.93. The van der Waals surface area contributed by atoms with Crippen molar-refractivity contribution in [1.82, 2.24) is 10.2 Å². The van der Waals surface area contributed by atoms with Gasteiger partial charge in [-0.2, -0.15) is 0 Å². The lowest BCUT2D eigenvalue weighted by molar-refractivity contribution is -0.121. The van der Waals surface area contributed by atoms with Crippen molar-refractivity contribution < 1.29 is 14.0 Å². The van der Waals surface area contributed by atoms with Gasteiger partial charge in [-0.25, -0.2) is 0 Å². The summed E-state index contributed by atoms with van der Waals surface area (Å²) in [5.41, 5.74) is 1.48. The summed E-state index contributed by atoms with van der Waals surface area (Å²) >= 11 is 0. The van der Waals surface area contributed by atoms with Crippen LogP contribution in [0.1, 0.15) is 35.4 Å². The van der Waals surface area contributed by atoms with Crippen LogP contribution in [0.25, 0.3) is 11.3 Å². The minimum atomic E-state index is -0.0327. The molecule has 0 radical (unpaired) electrons. The fourth-order valence-electron chi connectivity index (χ4n) is 3.83. The Morgan fingerprint density at radius 3 is 2.75 bits per heavy atom. The highest BCUT2D eigenvalue weighted by atomic mass is 16.3. The van der Waals surface area contributed by atoms with E-state index in [2.05, 4.69) is 5.32 Å². The van der Waals surface area contributed by atoms with Crippen molar-refractivity contribution in [3.63, 3.8) is 0 Å². The van der Waals surface area contributed by atoms with Crippen LogP contribution in [0.15, 0.2) is 40.8 Å². The molecular formula is C19H20N2O3. The normalized spacial score (nSPS) is 23.0. The predicted molar refractivity (Wildman–Crippen MR) is 89.5 cm³/mol. The molecule has 0 saturated carbocycles. The van der Waals surface area contributed by atoms with E-state index in [1.165, 1.54) is 0 Å². The number of rotatable bonds is 2. The molecule has 2 saturated heterocycles. The highest BCUT2D eigenvalue weighted by Crippen LogP contribution is 2.34. The van der Waals surface area contributed by atoms with E-state index >= 15 is 0 Å². The number of amides is 2. The Kier molecular flexibility index (Phi) is 3.63. The van der Waals surface area contributed by atoms with Crippen molar-refractivity contribution in [3.05, 3.63) is 47.7 Å². The lowest BCUT2D eigenvalue weighted by atomic mass is 10.1. The largest absolute Gasteiger partial charge is 0.461 e. The second-order valence-electron chi connectivity index (χ2n) is 6.57. The summed E-state index contributed by atoms with van der Waals surface area (Å²) < 4.78 is 5.83. The van der Waals surface area contributed by atoms with Gasteiger partial charge in [0.2, 0.25) is 5.91 Å². The standard InChI is InChI=1S/C19H20N2O3/c1-12-9-16(18(24-12)13-5-3-2-4-6-13)19(23)21-14-7-8-15(21)11-20-17(22)10-14/h2-6,9,14-15H,7-8,10-11H2,1H3,(H,20,22)/t14-,15+/m1/s1. The van der Waals surface area contributed by atoms with Gasteiger partial charge in [0.25, 0.3) is 5.91 Å². The van der Waals surface area contributed by atoms with Crippen LogP contribution in [-0.2, 0) is 4.79 Å². The molecule has 0 unspecified atom stereocenters. The van der Waals surface area contributed by atoms with Crippen LogP contribution in [-0.4, -0.2) is 35.3 Å². The van der Waals surface area contributed by atoms with E-state index in [9.17, 15) is 9.59 Å². The Labute approximate surface area is 140 Å². The van der Waals surface area contributed by atoms with E-state index in [-0.39, 0.29) is 23.9 Å². The number of carbonyl (C=O) groups excluding carboxylic acids is 2. The van der Waals surface area contributed by atoms with Crippen molar-refractivity contribution in [2.24, 2.45) is 0 Å². The van der Waals surface area contributed by atoms with E-state index < -0.39 is 0 Å². The number of aryl methyl sites for hydroxylation is 1. The molecule has 24 heavy (non-hydrogen) atoms. The van der Waals surface area contributed by atoms with Crippen LogP contribution >= 0.6 is 0 Å². The molecule has 0 aliphatic carbocycles. The number of furan rings is 1. The van der Waals surface area contributed by atoms with E-state index in [1.807, 2.05) is 48.2 Å². The van der Waals surface area contributed by atoms with Crippen LogP contribution in [0.3, 0.4) is 0 Å². The summed E-state index contributed by atoms with van der Waals surface area (Å²) in [5.74, 6) is 1.33. The molecule has 124 valence electrons. The molecule has 2 aliphatic rings. The molecule has 2 aliphatic heterocycles. The van der Waals surface area contributed by atoms with Gasteiger partial charge in [0.15, 0.2) is 0 Å². The number of hydrogen-bond acceptors (Lipinski definition) is 3. The van der Waals surface area contributed by atoms with Crippen molar-refractivity contribution in [2.75, 3.05) is 6.54 Å². The molecule has 2 bridgehead atoms. The number of benzene rings is 1. The van der Waals surface area contributed by atoms with Gasteiger partial charge in [-0.05, 0) is 25.8 Å². The maximum Gasteiger partial charge on any atom is 0.258 e. The van der Waals surface area contributed by atoms with E-state index in [0.29, 0.717) is 30.0 Å². The van der Waals surface area contributed by atoms with Crippen LogP contribution < -0.4 is 5.32 Å². The minimum Gasteiger partial charge on any atom is -0.461 e. The first-order valence-electron chi connectivity index (χ1n) is 8.38. The van der Waals surface area contributed by atoms with Crippen molar-refractivity contribution in [3.8, 4) is 11.3 Å². The predicted octanol–water partition coefficient (Wildman–Crippen LogP) is 2.75. The Bertz CT molecular complexity index is 781. The molecule has 2 amide bonds. The van der Waals surface area contributed by atoms with Gasteiger partial charge >= 0.3 is 0 Å². The molecule has 1 aromatic carbocycles. The minimum absolute atomic E-state index is 0.0103. The summed E-state index contributed by atoms with van der Waals surface area (Å²) in [6.07, 6.45) is 2.22. The molecule has 5 nitrogen and oxygen atoms in total. The van der Waals surface area contributed by atoms with Crippen LogP contribution in [0.2, 0.25) is 0 Å². The second-order valence-corrected chi connectivity index (χ2v) is 6.57. The number of nitrogens with zero attached hydrogens (tertiary/aromatic N) is 1. The zero-order chi connectivity index (χ0) is 16.7. The lowest BCUT2D eigenvalue weighted by Crippen LogP contribution is -2.42. The van der Waals surface area contributed by atoms with Gasteiger partial charge in [-0.1, -0.05) is 30.3 Å². The van der Waals surface area contributed by atoms with Crippen LogP contribution in [0, 0.1) is 6.92 Å². The van der Waals surface area contributed by atoms with Gasteiger partial charge in [0.1, 0.15) is 11.5 Å². The Balaban J connectivity index is 1.72. The number of carbonyl (C=O) groups is 2. The number of hydrogen-bond donors (Lipinski definition) is 1. The third-order valence-electron chi connectivity index (χ3n) is 4.93. The molecule has 0 spiro atoms. The third kappa shape index (κ3) is 2.50. The summed E-state index contributed by atoms with van der Waals surface area (Å²) in [4.78, 5) is 27.0. The first-order valence-corrected chi connectivity index (χ1v) is 8.38. The molecule has 2 aromatic rings. The monoisotopic (exact) mass is 324 g/mol. The SMILES string of the molecule is Cc1cc(C(=O)N2[C@@H]3CC[C@H]2CNC(=O)C3)c(-c2ccccc2)o1. The Morgan fingerprint density at radius 1 is 1.21 bits per heavy atom. The Morgan fingerprint density at radius 2 is 1.96 bits per heavy atom. The van der Waals surface area contributed by atoms with Gasteiger partial charge in [-0.3, -0.25) is 9.59 Å². The van der Waals surface area contributed by atoms with Gasteiger partial charge < -0.3 is 14.6 Å². The van der Waals surface area contributed by atoms with Gasteiger partial charge in [0, 0.05) is 30.6 Å². The average molecular weight is 324 g/mol. The van der Waals surface area contributed by atoms with Crippen molar-refractivity contribution in [2.45, 2.75) is 38.3 Å². The molecule has 1 N–H and O–H groups in total. The first kappa shape index (κ1) is 15.0. The second kappa shape index (κ2) is 5.82. The quantitative estimate of drug-likeness (QED) is 0.924.